The Kier molecular flexibility index (Phi) is 2.91. The second-order valence-electron chi connectivity index (χ2n) is 9.40. The van der Waals surface area contributed by atoms with E-state index in [-0.39, 0.29) is 0 Å². The van der Waals surface area contributed by atoms with Crippen LogP contribution in [-0.2, 0) is 7.05 Å². The van der Waals surface area contributed by atoms with Gasteiger partial charge < -0.3 is 8.97 Å². The topological polar surface area (TPSA) is 9.34 Å². The van der Waals surface area contributed by atoms with Gasteiger partial charge >= 0.3 is 0 Å². The lowest BCUT2D eigenvalue weighted by molar-refractivity contribution is 1.01. The Morgan fingerprint density at radius 2 is 1.12 bits per heavy atom. The maximum absolute atomic E-state index is 2.57. The average Bonchev–Trinajstić information content (AvgIpc) is 3.48. The highest BCUT2D eigenvalue weighted by Gasteiger charge is 2.22. The summed E-state index contributed by atoms with van der Waals surface area (Å²) in [6.45, 7) is 0. The van der Waals surface area contributed by atoms with Crippen LogP contribution in [0.2, 0.25) is 0 Å². The van der Waals surface area contributed by atoms with Gasteiger partial charge in [0.1, 0.15) is 0 Å². The molecule has 0 aliphatic rings. The number of rotatable bonds is 0. The number of aromatic nitrogens is 2. The van der Waals surface area contributed by atoms with Crippen molar-refractivity contribution in [3.05, 3.63) is 91.0 Å². The molecule has 3 heteroatoms. The third kappa shape index (κ3) is 1.80. The Bertz CT molecular complexity index is 2290. The minimum atomic E-state index is 1.28. The predicted octanol–water partition coefficient (Wildman–Crippen LogP) is 8.85. The molecule has 9 rings (SSSR count). The molecule has 0 saturated carbocycles. The first-order chi connectivity index (χ1) is 16.8. The molecule has 5 aromatic carbocycles. The number of aryl methyl sites for hydroxylation is 1. The number of nitrogens with zero attached hydrogens (tertiary/aromatic N) is 2. The van der Waals surface area contributed by atoms with E-state index >= 15 is 0 Å². The van der Waals surface area contributed by atoms with Gasteiger partial charge in [-0.3, -0.25) is 0 Å². The molecule has 0 saturated heterocycles. The second kappa shape index (κ2) is 5.69. The zero-order chi connectivity index (χ0) is 22.1. The van der Waals surface area contributed by atoms with Gasteiger partial charge in [-0.05, 0) is 35.7 Å². The maximum atomic E-state index is 2.57. The highest BCUT2D eigenvalue weighted by Crippen LogP contribution is 2.46. The Balaban J connectivity index is 1.78. The van der Waals surface area contributed by atoms with Crippen LogP contribution in [0.1, 0.15) is 0 Å². The van der Waals surface area contributed by atoms with E-state index in [4.69, 9.17) is 0 Å². The lowest BCUT2D eigenvalue weighted by Crippen LogP contribution is -1.89. The minimum Gasteiger partial charge on any atom is -0.344 e. The van der Waals surface area contributed by atoms with E-state index in [9.17, 15) is 0 Å². The van der Waals surface area contributed by atoms with E-state index in [2.05, 4.69) is 107 Å². The number of benzene rings is 5. The van der Waals surface area contributed by atoms with Crippen LogP contribution in [0.5, 0.6) is 0 Å². The van der Waals surface area contributed by atoms with Crippen LogP contribution in [0, 0.1) is 0 Å². The van der Waals surface area contributed by atoms with E-state index in [1.807, 2.05) is 11.3 Å². The Labute approximate surface area is 198 Å². The first kappa shape index (κ1) is 17.4. The fraction of sp³-hybridized carbons (Fsp3) is 0.0323. The molecule has 2 nitrogen and oxygen atoms in total. The monoisotopic (exact) mass is 450 g/mol. The van der Waals surface area contributed by atoms with Gasteiger partial charge in [0.05, 0.1) is 22.1 Å². The molecule has 0 atom stereocenters. The molecular formula is C31H18N2S. The van der Waals surface area contributed by atoms with Crippen molar-refractivity contribution in [1.29, 1.82) is 0 Å². The fourth-order valence-electron chi connectivity index (χ4n) is 6.51. The first-order valence-corrected chi connectivity index (χ1v) is 12.5. The summed E-state index contributed by atoms with van der Waals surface area (Å²) in [5, 5.41) is 10.7. The lowest BCUT2D eigenvalue weighted by atomic mass is 10.0. The second-order valence-corrected chi connectivity index (χ2v) is 10.5. The molecule has 34 heavy (non-hydrogen) atoms. The third-order valence-corrected chi connectivity index (χ3v) is 8.99. The molecule has 9 aromatic rings. The Hall–Kier alpha value is -4.08. The third-order valence-electron chi connectivity index (χ3n) is 7.86. The van der Waals surface area contributed by atoms with Gasteiger partial charge in [0.2, 0.25) is 0 Å². The summed E-state index contributed by atoms with van der Waals surface area (Å²) < 4.78 is 7.62. The van der Waals surface area contributed by atoms with Crippen LogP contribution in [0.15, 0.2) is 91.0 Å². The number of thiophene rings is 1. The van der Waals surface area contributed by atoms with Gasteiger partial charge in [-0.2, -0.15) is 0 Å². The molecule has 0 aliphatic carbocycles. The first-order valence-electron chi connectivity index (χ1n) is 11.7. The van der Waals surface area contributed by atoms with Crippen molar-refractivity contribution >= 4 is 91.4 Å². The molecule has 0 bridgehead atoms. The van der Waals surface area contributed by atoms with Crippen molar-refractivity contribution in [2.45, 2.75) is 0 Å². The largest absolute Gasteiger partial charge is 0.344 e. The average molecular weight is 451 g/mol. The smallest absolute Gasteiger partial charge is 0.0634 e. The molecular weight excluding hydrogens is 432 g/mol. The molecule has 0 N–H and O–H groups in total. The van der Waals surface area contributed by atoms with Gasteiger partial charge in [0.15, 0.2) is 0 Å². The molecule has 0 amide bonds. The number of para-hydroxylation sites is 1. The van der Waals surface area contributed by atoms with Crippen molar-refractivity contribution < 1.29 is 0 Å². The molecule has 0 aliphatic heterocycles. The van der Waals surface area contributed by atoms with E-state index < -0.39 is 0 Å². The molecule has 0 fully saturated rings. The molecule has 0 radical (unpaired) electrons. The van der Waals surface area contributed by atoms with Gasteiger partial charge in [0, 0.05) is 59.7 Å². The van der Waals surface area contributed by atoms with Gasteiger partial charge in [-0.15, -0.1) is 11.3 Å². The minimum absolute atomic E-state index is 1.28. The highest BCUT2D eigenvalue weighted by molar-refractivity contribution is 7.26. The summed E-state index contributed by atoms with van der Waals surface area (Å²) in [6.07, 6.45) is 0. The standard InChI is InChI=1S/C31H18N2S/c1-32-22-11-5-8-17-18-9-4-10-19-20-15-16-26-28(21-7-2-3-14-25(21)34-26)31(20)33(30(18)19)24-13-6-12-23(32)29(24)27(17)22/h2-16H,1H3. The van der Waals surface area contributed by atoms with E-state index in [0.29, 0.717) is 0 Å². The zero-order valence-corrected chi connectivity index (χ0v) is 19.3. The summed E-state index contributed by atoms with van der Waals surface area (Å²) in [4.78, 5) is 0. The van der Waals surface area contributed by atoms with E-state index in [1.54, 1.807) is 0 Å². The van der Waals surface area contributed by atoms with Crippen LogP contribution in [0.25, 0.3) is 80.1 Å². The quantitative estimate of drug-likeness (QED) is 0.218. The van der Waals surface area contributed by atoms with E-state index in [0.717, 1.165) is 0 Å². The Morgan fingerprint density at radius 1 is 0.471 bits per heavy atom. The normalized spacial score (nSPS) is 12.9. The predicted molar refractivity (Wildman–Crippen MR) is 148 cm³/mol. The molecule has 4 aromatic heterocycles. The fourth-order valence-corrected chi connectivity index (χ4v) is 7.62. The summed E-state index contributed by atoms with van der Waals surface area (Å²) in [5.74, 6) is 0. The summed E-state index contributed by atoms with van der Waals surface area (Å²) >= 11 is 1.89. The van der Waals surface area contributed by atoms with Gasteiger partial charge in [0.25, 0.3) is 0 Å². The van der Waals surface area contributed by atoms with Crippen molar-refractivity contribution in [2.24, 2.45) is 7.05 Å². The Morgan fingerprint density at radius 3 is 2.03 bits per heavy atom. The summed E-state index contributed by atoms with van der Waals surface area (Å²) in [6, 6.07) is 33.9. The summed E-state index contributed by atoms with van der Waals surface area (Å²) in [5.41, 5.74) is 6.50. The molecule has 158 valence electrons. The number of hydrogen-bond donors (Lipinski definition) is 0. The number of hydrogen-bond acceptors (Lipinski definition) is 1. The summed E-state index contributed by atoms with van der Waals surface area (Å²) in [7, 11) is 2.19. The van der Waals surface area contributed by atoms with Crippen molar-refractivity contribution in [3.8, 4) is 0 Å². The van der Waals surface area contributed by atoms with Gasteiger partial charge in [-0.1, -0.05) is 60.7 Å². The zero-order valence-electron chi connectivity index (χ0n) is 18.5. The van der Waals surface area contributed by atoms with Crippen LogP contribution in [0.3, 0.4) is 0 Å². The molecule has 0 spiro atoms. The highest BCUT2D eigenvalue weighted by atomic mass is 32.1. The van der Waals surface area contributed by atoms with Crippen LogP contribution < -0.4 is 0 Å². The number of fused-ring (bicyclic) bond motifs is 9. The van der Waals surface area contributed by atoms with Crippen LogP contribution in [-0.4, -0.2) is 8.97 Å². The maximum Gasteiger partial charge on any atom is 0.0634 e. The molecule has 4 heterocycles. The molecule has 0 unspecified atom stereocenters. The SMILES string of the molecule is Cn1c2cccc3c4cccc5c6ccc7sc8ccccc8c7c6n(c6cccc1c6c32)c45. The van der Waals surface area contributed by atoms with Crippen molar-refractivity contribution in [3.63, 3.8) is 0 Å². The van der Waals surface area contributed by atoms with Crippen molar-refractivity contribution in [2.75, 3.05) is 0 Å². The van der Waals surface area contributed by atoms with Crippen LogP contribution >= 0.6 is 11.3 Å². The van der Waals surface area contributed by atoms with Crippen LogP contribution in [0.4, 0.5) is 0 Å². The van der Waals surface area contributed by atoms with Gasteiger partial charge in [-0.25, -0.2) is 0 Å². The lowest BCUT2D eigenvalue weighted by Gasteiger charge is -2.04. The van der Waals surface area contributed by atoms with E-state index in [1.165, 1.54) is 80.1 Å². The van der Waals surface area contributed by atoms with Crippen molar-refractivity contribution in [1.82, 2.24) is 8.97 Å².